The molecule has 1 aromatic rings. The lowest BCUT2D eigenvalue weighted by molar-refractivity contribution is -0.286. The monoisotopic (exact) mass is 630 g/mol. The number of hydrogen-bond acceptors (Lipinski definition) is 8. The van der Waals surface area contributed by atoms with E-state index in [1.54, 1.807) is 26.0 Å². The maximum atomic E-state index is 14.4. The molecule has 0 amide bonds. The quantitative estimate of drug-likeness (QED) is 0.113. The molecule has 0 radical (unpaired) electrons. The molecule has 0 fully saturated rings. The van der Waals surface area contributed by atoms with Crippen LogP contribution in [0.4, 0.5) is 5.69 Å². The second-order valence-corrected chi connectivity index (χ2v) is 12.0. The van der Waals surface area contributed by atoms with Gasteiger partial charge in [0, 0.05) is 50.8 Å². The van der Waals surface area contributed by atoms with Gasteiger partial charge < -0.3 is 34.2 Å². The van der Waals surface area contributed by atoms with Gasteiger partial charge in [-0.25, -0.2) is 4.79 Å². The molecular weight excluding hydrogens is 568 g/mol. The van der Waals surface area contributed by atoms with Crippen molar-refractivity contribution < 1.29 is 29.2 Å². The zero-order valence-electron chi connectivity index (χ0n) is 29.6. The van der Waals surface area contributed by atoms with Crippen molar-refractivity contribution >= 4 is 11.7 Å². The summed E-state index contributed by atoms with van der Waals surface area (Å²) >= 11 is 0. The predicted octanol–water partition coefficient (Wildman–Crippen LogP) is 6.80. The molecule has 0 saturated heterocycles. The highest BCUT2D eigenvalue weighted by molar-refractivity contribution is 5.83. The van der Waals surface area contributed by atoms with Gasteiger partial charge >= 0.3 is 5.97 Å². The molecular formula is C37H62N2O6. The number of ether oxygens (including phenoxy) is 3. The number of anilines is 1. The van der Waals surface area contributed by atoms with E-state index in [0.717, 1.165) is 63.2 Å². The number of carbonyl (C=O) groups excluding carboxylic acids is 1. The summed E-state index contributed by atoms with van der Waals surface area (Å²) in [6.07, 6.45) is 6.84. The number of allylic oxidation sites excluding steroid dienone is 3. The van der Waals surface area contributed by atoms with Gasteiger partial charge in [0.25, 0.3) is 5.60 Å². The van der Waals surface area contributed by atoms with Crippen molar-refractivity contribution in [2.45, 2.75) is 112 Å². The first-order valence-corrected chi connectivity index (χ1v) is 17.4. The average Bonchev–Trinajstić information content (AvgIpc) is 3.05. The van der Waals surface area contributed by atoms with E-state index in [4.69, 9.17) is 14.2 Å². The smallest absolute Gasteiger partial charge is 0.347 e. The molecule has 0 heterocycles. The van der Waals surface area contributed by atoms with Crippen molar-refractivity contribution in [1.82, 2.24) is 4.90 Å². The molecule has 8 heteroatoms. The number of esters is 1. The Morgan fingerprint density at radius 2 is 1.47 bits per heavy atom. The van der Waals surface area contributed by atoms with E-state index >= 15 is 0 Å². The molecule has 2 rings (SSSR count). The molecule has 0 bridgehead atoms. The second-order valence-electron chi connectivity index (χ2n) is 12.0. The second kappa shape index (κ2) is 18.7. The third-order valence-electron chi connectivity index (χ3n) is 9.34. The van der Waals surface area contributed by atoms with E-state index in [1.165, 1.54) is 0 Å². The molecule has 0 aromatic heterocycles. The zero-order chi connectivity index (χ0) is 33.6. The Morgan fingerprint density at radius 3 is 1.93 bits per heavy atom. The number of aliphatic hydroxyl groups is 2. The van der Waals surface area contributed by atoms with Crippen LogP contribution in [0.25, 0.3) is 0 Å². The van der Waals surface area contributed by atoms with Gasteiger partial charge in [-0.2, -0.15) is 0 Å². The summed E-state index contributed by atoms with van der Waals surface area (Å²) in [6.45, 7) is 22.0. The van der Waals surface area contributed by atoms with Gasteiger partial charge in [0.05, 0.1) is 6.61 Å². The van der Waals surface area contributed by atoms with Crippen molar-refractivity contribution in [3.8, 4) is 0 Å². The Hall–Kier alpha value is -2.39. The fourth-order valence-electron chi connectivity index (χ4n) is 6.50. The Labute approximate surface area is 273 Å². The van der Waals surface area contributed by atoms with Gasteiger partial charge in [-0.1, -0.05) is 58.2 Å². The summed E-state index contributed by atoms with van der Waals surface area (Å²) < 4.78 is 17.9. The summed E-state index contributed by atoms with van der Waals surface area (Å²) in [5, 5.41) is 26.1. The SMILES string of the molecule is CCCCC(CC)COC(=O)C(O)(C(OCC)OCC)C(O)(C1=CC=C(N(CC)CC)CC1C)c1ccc(N(CC)CC)cc1. The highest BCUT2D eigenvalue weighted by Crippen LogP contribution is 2.49. The normalized spacial score (nSPS) is 18.4. The minimum absolute atomic E-state index is 0.139. The van der Waals surface area contributed by atoms with Gasteiger partial charge in [0.2, 0.25) is 6.29 Å². The fourth-order valence-corrected chi connectivity index (χ4v) is 6.50. The molecule has 8 nitrogen and oxygen atoms in total. The van der Waals surface area contributed by atoms with Gasteiger partial charge in [-0.3, -0.25) is 0 Å². The lowest BCUT2D eigenvalue weighted by Crippen LogP contribution is -2.67. The van der Waals surface area contributed by atoms with Crippen molar-refractivity contribution in [3.63, 3.8) is 0 Å². The van der Waals surface area contributed by atoms with Crippen LogP contribution in [-0.4, -0.2) is 79.0 Å². The minimum atomic E-state index is -2.61. The maximum Gasteiger partial charge on any atom is 0.347 e. The summed E-state index contributed by atoms with van der Waals surface area (Å²) in [5.74, 6) is -1.02. The van der Waals surface area contributed by atoms with Crippen LogP contribution in [0, 0.1) is 11.8 Å². The molecule has 4 atom stereocenters. The first kappa shape index (κ1) is 38.8. The molecule has 2 N–H and O–H groups in total. The molecule has 45 heavy (non-hydrogen) atoms. The van der Waals surface area contributed by atoms with Crippen LogP contribution in [0.1, 0.15) is 100.0 Å². The molecule has 0 aliphatic heterocycles. The van der Waals surface area contributed by atoms with E-state index in [-0.39, 0.29) is 31.7 Å². The lowest BCUT2D eigenvalue weighted by Gasteiger charge is -2.48. The standard InChI is InChI=1S/C37H62N2O6/c1-10-18-19-29(11-2)27-45-34(40)37(42,35(43-16-7)44-17-8)36(41,30-20-22-31(23-21-30)38(12-3)13-4)33-25-24-32(26-28(33)9)39(14-5)15-6/h20-25,28-29,35,41-42H,10-19,26-27H2,1-9H3. The van der Waals surface area contributed by atoms with Crippen molar-refractivity contribution in [2.75, 3.05) is 50.9 Å². The van der Waals surface area contributed by atoms with Gasteiger partial charge in [-0.15, -0.1) is 0 Å². The van der Waals surface area contributed by atoms with Crippen LogP contribution in [0.3, 0.4) is 0 Å². The highest BCUT2D eigenvalue weighted by Gasteiger charge is 2.65. The Morgan fingerprint density at radius 1 is 0.889 bits per heavy atom. The van der Waals surface area contributed by atoms with Gasteiger partial charge in [0.15, 0.2) is 5.60 Å². The van der Waals surface area contributed by atoms with Crippen molar-refractivity contribution in [2.24, 2.45) is 11.8 Å². The number of rotatable bonds is 21. The van der Waals surface area contributed by atoms with Crippen LogP contribution in [0.15, 0.2) is 47.7 Å². The summed E-state index contributed by atoms with van der Waals surface area (Å²) in [5.41, 5.74) is -1.82. The lowest BCUT2D eigenvalue weighted by atomic mass is 9.66. The molecule has 0 spiro atoms. The highest BCUT2D eigenvalue weighted by atomic mass is 16.7. The van der Waals surface area contributed by atoms with Crippen LogP contribution in [0.2, 0.25) is 0 Å². The number of carbonyl (C=O) groups is 1. The fraction of sp³-hybridized carbons (Fsp3) is 0.703. The van der Waals surface area contributed by atoms with Gasteiger partial charge in [0.1, 0.15) is 0 Å². The third-order valence-corrected chi connectivity index (χ3v) is 9.34. The average molecular weight is 631 g/mol. The molecule has 0 saturated carbocycles. The Bertz CT molecular complexity index is 1070. The predicted molar refractivity (Wildman–Crippen MR) is 183 cm³/mol. The van der Waals surface area contributed by atoms with E-state index in [0.29, 0.717) is 17.6 Å². The number of hydrogen-bond donors (Lipinski definition) is 2. The number of unbranched alkanes of at least 4 members (excludes halogenated alkanes) is 1. The van der Waals surface area contributed by atoms with Crippen LogP contribution in [0.5, 0.6) is 0 Å². The topological polar surface area (TPSA) is 91.7 Å². The van der Waals surface area contributed by atoms with Crippen LogP contribution < -0.4 is 4.90 Å². The Kier molecular flexibility index (Phi) is 16.1. The van der Waals surface area contributed by atoms with E-state index < -0.39 is 23.5 Å². The maximum absolute atomic E-state index is 14.4. The molecule has 1 aliphatic rings. The van der Waals surface area contributed by atoms with Gasteiger partial charge in [-0.05, 0) is 95.6 Å². The van der Waals surface area contributed by atoms with Crippen LogP contribution in [-0.2, 0) is 24.6 Å². The molecule has 4 unspecified atom stereocenters. The first-order valence-electron chi connectivity index (χ1n) is 17.4. The molecule has 256 valence electrons. The van der Waals surface area contributed by atoms with E-state index in [9.17, 15) is 15.0 Å². The Balaban J connectivity index is 2.86. The zero-order valence-corrected chi connectivity index (χ0v) is 29.6. The summed E-state index contributed by atoms with van der Waals surface area (Å²) in [6, 6.07) is 7.46. The van der Waals surface area contributed by atoms with E-state index in [2.05, 4.69) is 51.3 Å². The summed E-state index contributed by atoms with van der Waals surface area (Å²) in [7, 11) is 0. The first-order chi connectivity index (χ1) is 21.6. The molecule has 1 aromatic carbocycles. The number of benzene rings is 1. The van der Waals surface area contributed by atoms with Crippen molar-refractivity contribution in [3.05, 3.63) is 53.3 Å². The van der Waals surface area contributed by atoms with E-state index in [1.807, 2.05) is 31.2 Å². The largest absolute Gasteiger partial charge is 0.463 e. The summed E-state index contributed by atoms with van der Waals surface area (Å²) in [4.78, 5) is 18.9. The minimum Gasteiger partial charge on any atom is -0.463 e. The molecule has 1 aliphatic carbocycles. The van der Waals surface area contributed by atoms with Crippen LogP contribution >= 0.6 is 0 Å². The third kappa shape index (κ3) is 8.70. The number of nitrogens with zero attached hydrogens (tertiary/aromatic N) is 2. The van der Waals surface area contributed by atoms with Crippen molar-refractivity contribution in [1.29, 1.82) is 0 Å².